The van der Waals surface area contributed by atoms with E-state index in [1.54, 1.807) is 57.6 Å². The Kier molecular flexibility index (Phi) is 30.5. The van der Waals surface area contributed by atoms with Crippen LogP contribution in [0.2, 0.25) is 0 Å². The van der Waals surface area contributed by atoms with Crippen molar-refractivity contribution in [3.63, 3.8) is 0 Å². The van der Waals surface area contributed by atoms with Crippen molar-refractivity contribution in [2.75, 3.05) is 36.9 Å². The summed E-state index contributed by atoms with van der Waals surface area (Å²) in [4.78, 5) is 73.7. The Morgan fingerprint density at radius 1 is 0.383 bits per heavy atom. The molecule has 6 aromatic rings. The summed E-state index contributed by atoms with van der Waals surface area (Å²) in [5, 5.41) is 8.67. The Balaban J connectivity index is 0.000000201. The Morgan fingerprint density at radius 2 is 0.626 bits per heavy atom. The summed E-state index contributed by atoms with van der Waals surface area (Å²) < 4.78 is 71.7. The van der Waals surface area contributed by atoms with Crippen molar-refractivity contribution in [1.29, 1.82) is 0 Å². The van der Waals surface area contributed by atoms with E-state index in [0.29, 0.717) is 69.7 Å². The molecule has 107 heavy (non-hydrogen) atoms. The lowest BCUT2D eigenvalue weighted by atomic mass is 9.82. The van der Waals surface area contributed by atoms with Crippen LogP contribution in [0.15, 0.2) is 106 Å². The van der Waals surface area contributed by atoms with Gasteiger partial charge in [-0.1, -0.05) is 136 Å². The second-order valence-electron chi connectivity index (χ2n) is 31.8. The molecule has 0 spiro atoms. The van der Waals surface area contributed by atoms with Crippen molar-refractivity contribution in [3.05, 3.63) is 159 Å². The molecule has 3 aliphatic heterocycles. The maximum absolute atomic E-state index is 12.8. The molecule has 0 bridgehead atoms. The second kappa shape index (κ2) is 38.1. The standard InChI is InChI=1S/3C27H38N4O3S.2CH4/c3*1-5-35(33,34)24-11-10-23(28-15-24)14-30-27(32)21-12-22-17-31(16-20-8-6-19(4)7-9-20)26(18(2)3)25(22)29-13-21;;/h3*10-13,15,18-20,26H,5-9,14,16-17H2,1-4H3,(H,30,32);2*1H4/t3*19?,20?,26-;;/m000../s1. The predicted octanol–water partition coefficient (Wildman–Crippen LogP) is 14.9. The lowest BCUT2D eigenvalue weighted by Gasteiger charge is -2.34. The molecule has 6 aromatic heterocycles. The molecular formula is C83H122N12O9S3. The van der Waals surface area contributed by atoms with Gasteiger partial charge in [0.2, 0.25) is 0 Å². The highest BCUT2D eigenvalue weighted by Crippen LogP contribution is 2.44. The quantitative estimate of drug-likeness (QED) is 0.0508. The van der Waals surface area contributed by atoms with Crippen molar-refractivity contribution in [1.82, 2.24) is 60.6 Å². The summed E-state index contributed by atoms with van der Waals surface area (Å²) in [5.74, 6) is 5.65. The maximum atomic E-state index is 12.8. The molecule has 0 unspecified atom stereocenters. The molecule has 9 heterocycles. The highest BCUT2D eigenvalue weighted by atomic mass is 32.2. The predicted molar refractivity (Wildman–Crippen MR) is 423 cm³/mol. The Labute approximate surface area is 640 Å². The van der Waals surface area contributed by atoms with Crippen molar-refractivity contribution < 1.29 is 39.6 Å². The van der Waals surface area contributed by atoms with Crippen LogP contribution in [0, 0.1) is 53.3 Å². The maximum Gasteiger partial charge on any atom is 0.253 e. The van der Waals surface area contributed by atoms with E-state index in [4.69, 9.17) is 15.0 Å². The molecule has 3 saturated carbocycles. The van der Waals surface area contributed by atoms with E-state index in [-0.39, 0.29) is 84.2 Å². The van der Waals surface area contributed by atoms with E-state index >= 15 is 0 Å². The number of aromatic nitrogens is 6. The molecule has 3 N–H and O–H groups in total. The fraction of sp³-hybridized carbons (Fsp3) is 0.602. The lowest BCUT2D eigenvalue weighted by Crippen LogP contribution is -2.32. The van der Waals surface area contributed by atoms with Gasteiger partial charge in [-0.3, -0.25) is 59.0 Å². The monoisotopic (exact) mass is 1530 g/mol. The summed E-state index contributed by atoms with van der Waals surface area (Å²) in [6, 6.07) is 16.4. The molecule has 3 aliphatic carbocycles. The number of carbonyl (C=O) groups excluding carboxylic acids is 3. The molecule has 3 atom stereocenters. The average molecular weight is 1530 g/mol. The zero-order chi connectivity index (χ0) is 75.5. The molecular weight excluding hydrogens is 1410 g/mol. The highest BCUT2D eigenvalue weighted by Gasteiger charge is 2.40. The second-order valence-corrected chi connectivity index (χ2v) is 38.6. The van der Waals surface area contributed by atoms with Crippen LogP contribution in [0.25, 0.3) is 0 Å². The van der Waals surface area contributed by atoms with Crippen LogP contribution in [0.4, 0.5) is 0 Å². The van der Waals surface area contributed by atoms with Gasteiger partial charge in [-0.2, -0.15) is 0 Å². The van der Waals surface area contributed by atoms with Crippen LogP contribution in [0.3, 0.4) is 0 Å². The van der Waals surface area contributed by atoms with E-state index in [2.05, 4.69) is 108 Å². The fourth-order valence-corrected chi connectivity index (χ4v) is 18.7. The fourth-order valence-electron chi connectivity index (χ4n) is 16.3. The molecule has 3 fully saturated rings. The summed E-state index contributed by atoms with van der Waals surface area (Å²) >= 11 is 0. The zero-order valence-electron chi connectivity index (χ0n) is 64.0. The normalized spacial score (nSPS) is 22.4. The van der Waals surface area contributed by atoms with E-state index in [1.165, 1.54) is 114 Å². The topological polar surface area (TPSA) is 277 Å². The molecule has 0 aromatic carbocycles. The molecule has 12 rings (SSSR count). The molecule has 24 heteroatoms. The first-order valence-corrected chi connectivity index (χ1v) is 43.5. The summed E-state index contributed by atoms with van der Waals surface area (Å²) in [5.41, 5.74) is 10.2. The van der Waals surface area contributed by atoms with E-state index in [9.17, 15) is 39.6 Å². The van der Waals surface area contributed by atoms with Crippen LogP contribution < -0.4 is 16.0 Å². The van der Waals surface area contributed by atoms with Gasteiger partial charge in [-0.25, -0.2) is 25.3 Å². The third-order valence-corrected chi connectivity index (χ3v) is 27.8. The Bertz CT molecular complexity index is 3850. The Hall–Kier alpha value is -6.96. The average Bonchev–Trinajstić information content (AvgIpc) is 1.65. The van der Waals surface area contributed by atoms with Gasteiger partial charge < -0.3 is 16.0 Å². The molecule has 6 aliphatic rings. The lowest BCUT2D eigenvalue weighted by molar-refractivity contribution is 0.0942. The largest absolute Gasteiger partial charge is 0.346 e. The molecule has 21 nitrogen and oxygen atoms in total. The number of nitrogens with zero attached hydrogens (tertiary/aromatic N) is 9. The minimum atomic E-state index is -3.28. The number of hydrogen-bond donors (Lipinski definition) is 3. The first-order chi connectivity index (χ1) is 50.0. The number of hydrogen-bond acceptors (Lipinski definition) is 18. The zero-order valence-corrected chi connectivity index (χ0v) is 66.4. The third-order valence-electron chi connectivity index (χ3n) is 22.6. The number of amides is 3. The molecule has 3 amide bonds. The van der Waals surface area contributed by atoms with Crippen LogP contribution in [0.5, 0.6) is 0 Å². The summed E-state index contributed by atoms with van der Waals surface area (Å²) in [6.45, 7) is 31.9. The highest BCUT2D eigenvalue weighted by molar-refractivity contribution is 7.92. The number of pyridine rings is 6. The van der Waals surface area contributed by atoms with Crippen molar-refractivity contribution in [2.45, 2.75) is 247 Å². The van der Waals surface area contributed by atoms with Crippen LogP contribution in [-0.4, -0.2) is 124 Å². The number of carbonyl (C=O) groups is 3. The van der Waals surface area contributed by atoms with Crippen LogP contribution in [0.1, 0.15) is 275 Å². The smallest absolute Gasteiger partial charge is 0.253 e. The number of rotatable bonds is 24. The summed E-state index contributed by atoms with van der Waals surface area (Å²) in [7, 11) is -9.85. The minimum Gasteiger partial charge on any atom is -0.346 e. The number of nitrogens with one attached hydrogen (secondary N) is 3. The van der Waals surface area contributed by atoms with Gasteiger partial charge >= 0.3 is 0 Å². The molecule has 0 radical (unpaired) electrons. The first kappa shape index (κ1) is 85.6. The first-order valence-electron chi connectivity index (χ1n) is 38.6. The van der Waals surface area contributed by atoms with Gasteiger partial charge in [0.25, 0.3) is 17.7 Å². The van der Waals surface area contributed by atoms with Gasteiger partial charge in [0.15, 0.2) is 29.5 Å². The van der Waals surface area contributed by atoms with Crippen molar-refractivity contribution >= 4 is 47.2 Å². The molecule has 586 valence electrons. The van der Waals surface area contributed by atoms with Crippen LogP contribution in [-0.2, 0) is 68.8 Å². The minimum absolute atomic E-state index is 0. The van der Waals surface area contributed by atoms with E-state index in [0.717, 1.165) is 109 Å². The third kappa shape index (κ3) is 22.0. The van der Waals surface area contributed by atoms with Gasteiger partial charge in [-0.15, -0.1) is 0 Å². The van der Waals surface area contributed by atoms with Crippen molar-refractivity contribution in [2.24, 2.45) is 53.3 Å². The van der Waals surface area contributed by atoms with Gasteiger partial charge in [0.05, 0.1) is 121 Å². The van der Waals surface area contributed by atoms with E-state index in [1.807, 2.05) is 18.2 Å². The van der Waals surface area contributed by atoms with Gasteiger partial charge in [-0.05, 0) is 163 Å². The van der Waals surface area contributed by atoms with Gasteiger partial charge in [0, 0.05) is 76.4 Å². The number of sulfone groups is 3. The summed E-state index contributed by atoms with van der Waals surface area (Å²) in [6.07, 6.45) is 24.9. The van der Waals surface area contributed by atoms with E-state index < -0.39 is 29.5 Å². The van der Waals surface area contributed by atoms with Crippen molar-refractivity contribution in [3.8, 4) is 0 Å². The van der Waals surface area contributed by atoms with Crippen LogP contribution >= 0.6 is 0 Å². The SMILES string of the molecule is C.C.CCS(=O)(=O)c1ccc(CNC(=O)c2cnc3c(c2)CN(CC2CCC(C)CC2)[C@H]3C(C)C)nc1.CCS(=O)(=O)c1ccc(CNC(=O)c2cnc3c(c2)CN(CC2CCC(C)CC2)[C@H]3C(C)C)nc1.CCS(=O)(=O)c1ccc(CNC(=O)c2cnc3c(c2)CN(CC2CCC(C)CC2)[C@H]3C(C)C)nc1. The molecule has 0 saturated heterocycles. The van der Waals surface area contributed by atoms with Gasteiger partial charge in [0.1, 0.15) is 0 Å². The Morgan fingerprint density at radius 3 is 0.832 bits per heavy atom. The number of fused-ring (bicyclic) bond motifs is 3.